The van der Waals surface area contributed by atoms with E-state index in [1.807, 2.05) is 26.8 Å². The van der Waals surface area contributed by atoms with Crippen LogP contribution in [-0.2, 0) is 28.0 Å². The molecule has 5 nitrogen and oxygen atoms in total. The number of benzene rings is 2. The Morgan fingerprint density at radius 1 is 1.03 bits per heavy atom. The first-order valence-electron chi connectivity index (χ1n) is 9.51. The molecule has 0 saturated heterocycles. The number of rotatable bonds is 8. The van der Waals surface area contributed by atoms with Crippen molar-refractivity contribution in [3.05, 3.63) is 65.5 Å². The molecule has 0 radical (unpaired) electrons. The van der Waals surface area contributed by atoms with E-state index in [1.54, 1.807) is 35.2 Å². The van der Waals surface area contributed by atoms with Crippen molar-refractivity contribution in [2.75, 3.05) is 5.75 Å². The number of hydrogen-bond acceptors (Lipinski definition) is 4. The van der Waals surface area contributed by atoms with Gasteiger partial charge in [-0.25, -0.2) is 4.39 Å². The molecule has 0 saturated carbocycles. The molecule has 0 aromatic heterocycles. The molecular formula is C22H28FNO4S. The zero-order valence-corrected chi connectivity index (χ0v) is 18.1. The lowest BCUT2D eigenvalue weighted by atomic mass is 9.91. The maximum atomic E-state index is 13.2. The number of nitrogens with zero attached hydrogens (tertiary/aromatic N) is 1. The van der Waals surface area contributed by atoms with E-state index in [1.165, 1.54) is 19.1 Å². The van der Waals surface area contributed by atoms with Crippen LogP contribution >= 0.6 is 0 Å². The minimum absolute atomic E-state index is 0.0330. The maximum absolute atomic E-state index is 13.2. The summed E-state index contributed by atoms with van der Waals surface area (Å²) >= 11 is 0. The summed E-state index contributed by atoms with van der Waals surface area (Å²) in [5, 5.41) is 0. The van der Waals surface area contributed by atoms with E-state index in [0.717, 1.165) is 11.1 Å². The molecule has 29 heavy (non-hydrogen) atoms. The van der Waals surface area contributed by atoms with Gasteiger partial charge in [-0.15, -0.1) is 0 Å². The highest BCUT2D eigenvalue weighted by Gasteiger charge is 2.22. The van der Waals surface area contributed by atoms with Crippen molar-refractivity contribution >= 4 is 16.0 Å². The van der Waals surface area contributed by atoms with Gasteiger partial charge in [-0.3, -0.25) is 4.79 Å². The molecule has 0 atom stereocenters. The lowest BCUT2D eigenvalue weighted by Crippen LogP contribution is -2.32. The average Bonchev–Trinajstić information content (AvgIpc) is 2.61. The Morgan fingerprint density at radius 3 is 2.24 bits per heavy atom. The highest BCUT2D eigenvalue weighted by Crippen LogP contribution is 2.23. The third-order valence-electron chi connectivity index (χ3n) is 4.17. The Labute approximate surface area is 172 Å². The van der Waals surface area contributed by atoms with Crippen LogP contribution in [0.4, 0.5) is 4.39 Å². The Morgan fingerprint density at radius 2 is 1.66 bits per heavy atom. The fraction of sp³-hybridized carbons (Fsp3) is 0.409. The van der Waals surface area contributed by atoms with E-state index < -0.39 is 10.1 Å². The minimum Gasteiger partial charge on any atom is -0.382 e. The Balaban J connectivity index is 2.24. The molecule has 0 aliphatic heterocycles. The summed E-state index contributed by atoms with van der Waals surface area (Å²) in [6, 6.07) is 12.7. The fourth-order valence-corrected chi connectivity index (χ4v) is 3.24. The van der Waals surface area contributed by atoms with Crippen LogP contribution in [0.5, 0.6) is 5.75 Å². The predicted octanol–water partition coefficient (Wildman–Crippen LogP) is 4.52. The second-order valence-electron chi connectivity index (χ2n) is 8.19. The first kappa shape index (κ1) is 22.9. The molecule has 2 rings (SSSR count). The van der Waals surface area contributed by atoms with Crippen LogP contribution in [0.2, 0.25) is 0 Å². The van der Waals surface area contributed by atoms with Crippen molar-refractivity contribution < 1.29 is 21.8 Å². The second kappa shape index (κ2) is 9.39. The first-order chi connectivity index (χ1) is 13.5. The summed E-state index contributed by atoms with van der Waals surface area (Å²) in [5.74, 6) is -0.273. The van der Waals surface area contributed by atoms with Gasteiger partial charge in [-0.2, -0.15) is 8.42 Å². The van der Waals surface area contributed by atoms with Crippen molar-refractivity contribution in [2.24, 2.45) is 5.41 Å². The molecule has 2 aromatic rings. The van der Waals surface area contributed by atoms with Crippen molar-refractivity contribution in [1.82, 2.24) is 4.90 Å². The number of amides is 1. The van der Waals surface area contributed by atoms with E-state index in [4.69, 9.17) is 4.18 Å². The van der Waals surface area contributed by atoms with Crippen molar-refractivity contribution in [3.8, 4) is 5.75 Å². The largest absolute Gasteiger partial charge is 0.382 e. The molecule has 0 heterocycles. The summed E-state index contributed by atoms with van der Waals surface area (Å²) in [7, 11) is -3.63. The van der Waals surface area contributed by atoms with Gasteiger partial charge in [0, 0.05) is 19.5 Å². The molecule has 0 unspecified atom stereocenters. The average molecular weight is 422 g/mol. The normalized spacial score (nSPS) is 11.9. The molecular weight excluding hydrogens is 393 g/mol. The van der Waals surface area contributed by atoms with Gasteiger partial charge in [0.2, 0.25) is 5.91 Å². The number of carbonyl (C=O) groups is 1. The van der Waals surface area contributed by atoms with Crippen molar-refractivity contribution in [1.29, 1.82) is 0 Å². The summed E-state index contributed by atoms with van der Waals surface area (Å²) in [5.41, 5.74) is 1.38. The van der Waals surface area contributed by atoms with Gasteiger partial charge in [0.25, 0.3) is 0 Å². The highest BCUT2D eigenvalue weighted by atomic mass is 32.2. The molecule has 7 heteroatoms. The minimum atomic E-state index is -3.63. The van der Waals surface area contributed by atoms with Gasteiger partial charge < -0.3 is 9.08 Å². The first-order valence-corrected chi connectivity index (χ1v) is 11.1. The van der Waals surface area contributed by atoms with Crippen LogP contribution in [0, 0.1) is 11.2 Å². The zero-order valence-electron chi connectivity index (χ0n) is 17.3. The summed E-state index contributed by atoms with van der Waals surface area (Å²) in [6.07, 6.45) is 0.356. The third-order valence-corrected chi connectivity index (χ3v) is 5.32. The summed E-state index contributed by atoms with van der Waals surface area (Å²) in [4.78, 5) is 14.6. The SMILES string of the molecule is CCS(=O)(=O)Oc1cccc(CN(Cc2ccc(F)cc2)C(=O)CC(C)(C)C)c1. The Bertz CT molecular complexity index is 934. The molecule has 0 aliphatic carbocycles. The third kappa shape index (κ3) is 7.85. The van der Waals surface area contributed by atoms with E-state index in [0.29, 0.717) is 13.0 Å². The van der Waals surface area contributed by atoms with Crippen molar-refractivity contribution in [3.63, 3.8) is 0 Å². The second-order valence-corrected chi connectivity index (χ2v) is 10.1. The predicted molar refractivity (Wildman–Crippen MR) is 111 cm³/mol. The molecule has 0 N–H and O–H groups in total. The van der Waals surface area contributed by atoms with Crippen LogP contribution in [-0.4, -0.2) is 25.0 Å². The van der Waals surface area contributed by atoms with Crippen LogP contribution in [0.15, 0.2) is 48.5 Å². The Kier molecular flexibility index (Phi) is 7.41. The zero-order chi connectivity index (χ0) is 21.7. The van der Waals surface area contributed by atoms with Gasteiger partial charge in [0.1, 0.15) is 11.6 Å². The van der Waals surface area contributed by atoms with E-state index in [-0.39, 0.29) is 35.2 Å². The molecule has 0 fully saturated rings. The Hall–Kier alpha value is -2.41. The van der Waals surface area contributed by atoms with Crippen LogP contribution in [0.1, 0.15) is 45.2 Å². The lowest BCUT2D eigenvalue weighted by molar-refractivity contribution is -0.134. The lowest BCUT2D eigenvalue weighted by Gasteiger charge is -2.27. The van der Waals surface area contributed by atoms with Gasteiger partial charge in [0.15, 0.2) is 0 Å². The fourth-order valence-electron chi connectivity index (χ4n) is 2.73. The molecule has 158 valence electrons. The topological polar surface area (TPSA) is 63.7 Å². The summed E-state index contributed by atoms with van der Waals surface area (Å²) in [6.45, 7) is 8.10. The molecule has 1 amide bonds. The van der Waals surface area contributed by atoms with E-state index >= 15 is 0 Å². The molecule has 2 aromatic carbocycles. The van der Waals surface area contributed by atoms with Gasteiger partial charge in [0.05, 0.1) is 5.75 Å². The number of hydrogen-bond donors (Lipinski definition) is 0. The molecule has 0 aliphatic rings. The quantitative estimate of drug-likeness (QED) is 0.588. The van der Waals surface area contributed by atoms with Crippen LogP contribution < -0.4 is 4.18 Å². The van der Waals surface area contributed by atoms with Crippen molar-refractivity contribution in [2.45, 2.75) is 47.2 Å². The highest BCUT2D eigenvalue weighted by molar-refractivity contribution is 7.87. The van der Waals surface area contributed by atoms with E-state index in [2.05, 4.69) is 0 Å². The molecule has 0 bridgehead atoms. The number of halogens is 1. The monoisotopic (exact) mass is 421 g/mol. The number of carbonyl (C=O) groups excluding carboxylic acids is 1. The maximum Gasteiger partial charge on any atom is 0.308 e. The van der Waals surface area contributed by atoms with Gasteiger partial charge >= 0.3 is 10.1 Å². The standard InChI is InChI=1S/C22H28FNO4S/c1-5-29(26,27)28-20-8-6-7-18(13-20)16-24(21(25)14-22(2,3)4)15-17-9-11-19(23)12-10-17/h6-13H,5,14-16H2,1-4H3. The van der Waals surface area contributed by atoms with Gasteiger partial charge in [-0.05, 0) is 47.7 Å². The van der Waals surface area contributed by atoms with Crippen LogP contribution in [0.25, 0.3) is 0 Å². The molecule has 0 spiro atoms. The van der Waals surface area contributed by atoms with E-state index in [9.17, 15) is 17.6 Å². The van der Waals surface area contributed by atoms with Gasteiger partial charge in [-0.1, -0.05) is 45.0 Å². The smallest absolute Gasteiger partial charge is 0.308 e. The van der Waals surface area contributed by atoms with Crippen LogP contribution in [0.3, 0.4) is 0 Å². The summed E-state index contributed by atoms with van der Waals surface area (Å²) < 4.78 is 41.7.